The maximum atomic E-state index is 3.76. The third-order valence-corrected chi connectivity index (χ3v) is 2.84. The molecule has 0 heterocycles. The SMILES string of the molecule is C=CCCC(NCC)C1CC1C. The Morgan fingerprint density at radius 3 is 2.75 bits per heavy atom. The zero-order chi connectivity index (χ0) is 8.97. The Morgan fingerprint density at radius 2 is 2.33 bits per heavy atom. The Morgan fingerprint density at radius 1 is 1.67 bits per heavy atom. The van der Waals surface area contributed by atoms with Gasteiger partial charge in [0.2, 0.25) is 0 Å². The number of allylic oxidation sites excluding steroid dienone is 1. The molecule has 0 aromatic heterocycles. The van der Waals surface area contributed by atoms with E-state index in [1.54, 1.807) is 0 Å². The van der Waals surface area contributed by atoms with Crippen molar-refractivity contribution >= 4 is 0 Å². The van der Waals surface area contributed by atoms with Crippen LogP contribution in [0.3, 0.4) is 0 Å². The van der Waals surface area contributed by atoms with Crippen molar-refractivity contribution in [1.29, 1.82) is 0 Å². The first-order valence-electron chi connectivity index (χ1n) is 5.13. The topological polar surface area (TPSA) is 12.0 Å². The summed E-state index contributed by atoms with van der Waals surface area (Å²) >= 11 is 0. The Labute approximate surface area is 76.2 Å². The second-order valence-electron chi connectivity index (χ2n) is 3.91. The number of hydrogen-bond donors (Lipinski definition) is 1. The fraction of sp³-hybridized carbons (Fsp3) is 0.818. The van der Waals surface area contributed by atoms with E-state index in [2.05, 4.69) is 25.7 Å². The maximum Gasteiger partial charge on any atom is 0.0101 e. The lowest BCUT2D eigenvalue weighted by Crippen LogP contribution is -2.31. The standard InChI is InChI=1S/C11H21N/c1-4-6-7-11(12-5-2)10-8-9(10)3/h4,9-12H,1,5-8H2,2-3H3. The average molecular weight is 167 g/mol. The summed E-state index contributed by atoms with van der Waals surface area (Å²) in [7, 11) is 0. The molecule has 0 amide bonds. The zero-order valence-corrected chi connectivity index (χ0v) is 8.34. The number of nitrogens with one attached hydrogen (secondary N) is 1. The van der Waals surface area contributed by atoms with Crippen molar-refractivity contribution < 1.29 is 0 Å². The van der Waals surface area contributed by atoms with Crippen LogP contribution in [0.4, 0.5) is 0 Å². The van der Waals surface area contributed by atoms with Gasteiger partial charge in [0.25, 0.3) is 0 Å². The molecule has 3 atom stereocenters. The lowest BCUT2D eigenvalue weighted by molar-refractivity contribution is 0.433. The fourth-order valence-corrected chi connectivity index (χ4v) is 1.94. The third-order valence-electron chi connectivity index (χ3n) is 2.84. The lowest BCUT2D eigenvalue weighted by atomic mass is 10.1. The predicted octanol–water partition coefficient (Wildman–Crippen LogP) is 2.59. The Kier molecular flexibility index (Phi) is 3.80. The van der Waals surface area contributed by atoms with Crippen molar-refractivity contribution in [1.82, 2.24) is 5.32 Å². The van der Waals surface area contributed by atoms with Gasteiger partial charge in [-0.05, 0) is 37.6 Å². The molecule has 1 N–H and O–H groups in total. The van der Waals surface area contributed by atoms with Crippen LogP contribution >= 0.6 is 0 Å². The van der Waals surface area contributed by atoms with E-state index in [1.807, 2.05) is 6.08 Å². The third kappa shape index (κ3) is 2.63. The summed E-state index contributed by atoms with van der Waals surface area (Å²) in [4.78, 5) is 0. The van der Waals surface area contributed by atoms with Gasteiger partial charge in [0.05, 0.1) is 0 Å². The van der Waals surface area contributed by atoms with E-state index in [1.165, 1.54) is 12.8 Å². The van der Waals surface area contributed by atoms with Crippen LogP contribution in [0.2, 0.25) is 0 Å². The Balaban J connectivity index is 2.23. The second kappa shape index (κ2) is 4.66. The largest absolute Gasteiger partial charge is 0.314 e. The summed E-state index contributed by atoms with van der Waals surface area (Å²) in [5.41, 5.74) is 0. The lowest BCUT2D eigenvalue weighted by Gasteiger charge is -2.16. The smallest absolute Gasteiger partial charge is 0.0101 e. The van der Waals surface area contributed by atoms with Crippen LogP contribution in [0.1, 0.15) is 33.1 Å². The van der Waals surface area contributed by atoms with Gasteiger partial charge in [-0.3, -0.25) is 0 Å². The van der Waals surface area contributed by atoms with E-state index in [0.29, 0.717) is 0 Å². The quantitative estimate of drug-likeness (QED) is 0.600. The molecule has 1 nitrogen and oxygen atoms in total. The highest BCUT2D eigenvalue weighted by molar-refractivity contribution is 4.93. The monoisotopic (exact) mass is 167 g/mol. The van der Waals surface area contributed by atoms with Crippen molar-refractivity contribution in [3.8, 4) is 0 Å². The van der Waals surface area contributed by atoms with Crippen LogP contribution in [0.5, 0.6) is 0 Å². The van der Waals surface area contributed by atoms with E-state index < -0.39 is 0 Å². The van der Waals surface area contributed by atoms with Gasteiger partial charge >= 0.3 is 0 Å². The molecule has 0 spiro atoms. The minimum atomic E-state index is 0.753. The van der Waals surface area contributed by atoms with E-state index in [4.69, 9.17) is 0 Å². The zero-order valence-electron chi connectivity index (χ0n) is 8.34. The average Bonchev–Trinajstić information content (AvgIpc) is 2.76. The van der Waals surface area contributed by atoms with E-state index in [-0.39, 0.29) is 0 Å². The summed E-state index contributed by atoms with van der Waals surface area (Å²) in [5.74, 6) is 1.91. The molecule has 0 radical (unpaired) electrons. The molecule has 12 heavy (non-hydrogen) atoms. The minimum Gasteiger partial charge on any atom is -0.314 e. The van der Waals surface area contributed by atoms with Crippen molar-refractivity contribution in [2.45, 2.75) is 39.2 Å². The van der Waals surface area contributed by atoms with Crippen LogP contribution in [0.15, 0.2) is 12.7 Å². The molecule has 1 aliphatic carbocycles. The normalized spacial score (nSPS) is 29.8. The molecule has 0 saturated heterocycles. The van der Waals surface area contributed by atoms with Crippen LogP contribution in [0, 0.1) is 11.8 Å². The first kappa shape index (κ1) is 9.79. The van der Waals surface area contributed by atoms with Crippen molar-refractivity contribution in [2.24, 2.45) is 11.8 Å². The molecule has 3 unspecified atom stereocenters. The first-order valence-corrected chi connectivity index (χ1v) is 5.13. The van der Waals surface area contributed by atoms with E-state index in [9.17, 15) is 0 Å². The highest BCUT2D eigenvalue weighted by Gasteiger charge is 2.38. The number of rotatable bonds is 6. The molecule has 1 saturated carbocycles. The number of hydrogen-bond acceptors (Lipinski definition) is 1. The van der Waals surface area contributed by atoms with Gasteiger partial charge < -0.3 is 5.32 Å². The van der Waals surface area contributed by atoms with Crippen LogP contribution in [0.25, 0.3) is 0 Å². The van der Waals surface area contributed by atoms with Crippen molar-refractivity contribution in [3.63, 3.8) is 0 Å². The molecule has 0 aromatic rings. The summed E-state index contributed by atoms with van der Waals surface area (Å²) < 4.78 is 0. The highest BCUT2D eigenvalue weighted by atomic mass is 14.9. The van der Waals surface area contributed by atoms with Crippen molar-refractivity contribution in [3.05, 3.63) is 12.7 Å². The summed E-state index contributed by atoms with van der Waals surface area (Å²) in [6.07, 6.45) is 5.87. The van der Waals surface area contributed by atoms with E-state index >= 15 is 0 Å². The van der Waals surface area contributed by atoms with Crippen LogP contribution < -0.4 is 5.32 Å². The Bertz CT molecular complexity index is 142. The molecule has 70 valence electrons. The van der Waals surface area contributed by atoms with Gasteiger partial charge in [-0.1, -0.05) is 19.9 Å². The van der Waals surface area contributed by atoms with E-state index in [0.717, 1.165) is 30.8 Å². The molecule has 1 heteroatoms. The summed E-state index contributed by atoms with van der Waals surface area (Å²) in [6.45, 7) is 9.40. The summed E-state index contributed by atoms with van der Waals surface area (Å²) in [6, 6.07) is 0.753. The Hall–Kier alpha value is -0.300. The maximum absolute atomic E-state index is 3.76. The predicted molar refractivity (Wildman–Crippen MR) is 54.2 cm³/mol. The van der Waals surface area contributed by atoms with Gasteiger partial charge in [0, 0.05) is 6.04 Å². The molecular formula is C11H21N. The van der Waals surface area contributed by atoms with Gasteiger partial charge in [0.1, 0.15) is 0 Å². The summed E-state index contributed by atoms with van der Waals surface area (Å²) in [5, 5.41) is 3.56. The minimum absolute atomic E-state index is 0.753. The van der Waals surface area contributed by atoms with Crippen LogP contribution in [-0.2, 0) is 0 Å². The fourth-order valence-electron chi connectivity index (χ4n) is 1.94. The van der Waals surface area contributed by atoms with Crippen molar-refractivity contribution in [2.75, 3.05) is 6.54 Å². The molecule has 1 fully saturated rings. The molecule has 1 aliphatic rings. The van der Waals surface area contributed by atoms with Gasteiger partial charge in [-0.15, -0.1) is 6.58 Å². The first-order chi connectivity index (χ1) is 5.79. The van der Waals surface area contributed by atoms with Gasteiger partial charge in [-0.2, -0.15) is 0 Å². The highest BCUT2D eigenvalue weighted by Crippen LogP contribution is 2.41. The van der Waals surface area contributed by atoms with Gasteiger partial charge in [0.15, 0.2) is 0 Å². The molecule has 0 bridgehead atoms. The molecule has 0 aromatic carbocycles. The molecule has 1 rings (SSSR count). The van der Waals surface area contributed by atoms with Crippen LogP contribution in [-0.4, -0.2) is 12.6 Å². The second-order valence-corrected chi connectivity index (χ2v) is 3.91. The van der Waals surface area contributed by atoms with Gasteiger partial charge in [-0.25, -0.2) is 0 Å². The molecule has 0 aliphatic heterocycles. The molecular weight excluding hydrogens is 146 g/mol.